The summed E-state index contributed by atoms with van der Waals surface area (Å²) in [5, 5.41) is 5.06. The van der Waals surface area contributed by atoms with Crippen molar-refractivity contribution in [3.8, 4) is 0 Å². The molecule has 0 atom stereocenters. The molecule has 1 rings (SSSR count). The van der Waals surface area contributed by atoms with E-state index in [1.54, 1.807) is 24.1 Å². The first kappa shape index (κ1) is 17.5. The van der Waals surface area contributed by atoms with Gasteiger partial charge in [-0.3, -0.25) is 4.79 Å². The number of carbonyl (C=O) groups excluding carboxylic acids is 1. The van der Waals surface area contributed by atoms with E-state index in [0.29, 0.717) is 19.5 Å². The predicted octanol–water partition coefficient (Wildman–Crippen LogP) is 1.03. The minimum atomic E-state index is -3.66. The van der Waals surface area contributed by atoms with Crippen LogP contribution in [0.5, 0.6) is 0 Å². The number of nitrogens with two attached hydrogens (primary N) is 1. The van der Waals surface area contributed by atoms with E-state index >= 15 is 0 Å². The van der Waals surface area contributed by atoms with Gasteiger partial charge in [-0.15, -0.1) is 0 Å². The molecule has 0 aliphatic heterocycles. The van der Waals surface area contributed by atoms with Crippen LogP contribution in [0.2, 0.25) is 0 Å². The standard InChI is InChI=1S/C14H23N3O3S/c1-4-5-14(18)17(3)11-10-16(2)12-6-8-13(9-7-12)21(15,19)20/h6-9H,4-5,10-11H2,1-3H3,(H2,15,19,20). The van der Waals surface area contributed by atoms with Crippen molar-refractivity contribution in [2.75, 3.05) is 32.1 Å². The molecule has 0 saturated heterocycles. The third-order valence-corrected chi connectivity index (χ3v) is 4.20. The largest absolute Gasteiger partial charge is 0.373 e. The van der Waals surface area contributed by atoms with Crippen molar-refractivity contribution >= 4 is 21.6 Å². The summed E-state index contributed by atoms with van der Waals surface area (Å²) < 4.78 is 22.4. The van der Waals surface area contributed by atoms with Crippen LogP contribution in [0.25, 0.3) is 0 Å². The number of carbonyl (C=O) groups is 1. The van der Waals surface area contributed by atoms with Crippen LogP contribution < -0.4 is 10.0 Å². The molecule has 6 nitrogen and oxygen atoms in total. The number of nitrogens with zero attached hydrogens (tertiary/aromatic N) is 2. The maximum absolute atomic E-state index is 11.7. The first-order valence-electron chi connectivity index (χ1n) is 6.83. The molecule has 2 N–H and O–H groups in total. The lowest BCUT2D eigenvalue weighted by Crippen LogP contribution is -2.34. The summed E-state index contributed by atoms with van der Waals surface area (Å²) in [6.07, 6.45) is 1.40. The number of hydrogen-bond acceptors (Lipinski definition) is 4. The van der Waals surface area contributed by atoms with Crippen LogP contribution in [0.4, 0.5) is 5.69 Å². The summed E-state index contributed by atoms with van der Waals surface area (Å²) in [6.45, 7) is 3.26. The first-order chi connectivity index (χ1) is 9.75. The molecule has 0 radical (unpaired) electrons. The summed E-state index contributed by atoms with van der Waals surface area (Å²) in [5.74, 6) is 0.135. The smallest absolute Gasteiger partial charge is 0.238 e. The van der Waals surface area contributed by atoms with Crippen molar-refractivity contribution in [3.05, 3.63) is 24.3 Å². The number of rotatable bonds is 7. The Morgan fingerprint density at radius 2 is 1.71 bits per heavy atom. The van der Waals surface area contributed by atoms with Crippen molar-refractivity contribution in [3.63, 3.8) is 0 Å². The van der Waals surface area contributed by atoms with Crippen LogP contribution in [0, 0.1) is 0 Å². The molecule has 0 saturated carbocycles. The molecule has 0 aliphatic carbocycles. The van der Waals surface area contributed by atoms with Crippen LogP contribution in [0.3, 0.4) is 0 Å². The summed E-state index contributed by atoms with van der Waals surface area (Å²) >= 11 is 0. The van der Waals surface area contributed by atoms with Gasteiger partial charge in [-0.05, 0) is 30.7 Å². The zero-order valence-electron chi connectivity index (χ0n) is 12.7. The highest BCUT2D eigenvalue weighted by molar-refractivity contribution is 7.89. The van der Waals surface area contributed by atoms with E-state index < -0.39 is 10.0 Å². The van der Waals surface area contributed by atoms with Gasteiger partial charge in [0, 0.05) is 39.3 Å². The second-order valence-electron chi connectivity index (χ2n) is 5.03. The van der Waals surface area contributed by atoms with E-state index in [-0.39, 0.29) is 10.8 Å². The molecule has 0 unspecified atom stereocenters. The highest BCUT2D eigenvalue weighted by atomic mass is 32.2. The SMILES string of the molecule is CCCC(=O)N(C)CCN(C)c1ccc(S(N)(=O)=O)cc1. The van der Waals surface area contributed by atoms with Crippen LogP contribution in [-0.2, 0) is 14.8 Å². The number of amides is 1. The lowest BCUT2D eigenvalue weighted by atomic mass is 10.3. The average Bonchev–Trinajstić information content (AvgIpc) is 2.43. The molecule has 0 heterocycles. The molecular weight excluding hydrogens is 290 g/mol. The fourth-order valence-electron chi connectivity index (χ4n) is 1.85. The molecule has 1 amide bonds. The van der Waals surface area contributed by atoms with Crippen LogP contribution in [-0.4, -0.2) is 46.4 Å². The Balaban J connectivity index is 2.60. The minimum Gasteiger partial charge on any atom is -0.373 e. The maximum Gasteiger partial charge on any atom is 0.238 e. The summed E-state index contributed by atoms with van der Waals surface area (Å²) in [5.41, 5.74) is 0.874. The third-order valence-electron chi connectivity index (χ3n) is 3.27. The normalized spacial score (nSPS) is 11.2. The van der Waals surface area contributed by atoms with E-state index in [9.17, 15) is 13.2 Å². The van der Waals surface area contributed by atoms with Gasteiger partial charge in [0.1, 0.15) is 0 Å². The Bertz CT molecular complexity index is 570. The number of hydrogen-bond donors (Lipinski definition) is 1. The molecule has 0 aliphatic rings. The van der Waals surface area contributed by atoms with Crippen LogP contribution in [0.1, 0.15) is 19.8 Å². The van der Waals surface area contributed by atoms with Gasteiger partial charge in [-0.2, -0.15) is 0 Å². The fourth-order valence-corrected chi connectivity index (χ4v) is 2.36. The Hall–Kier alpha value is -1.60. The zero-order chi connectivity index (χ0) is 16.0. The van der Waals surface area contributed by atoms with Crippen LogP contribution >= 0.6 is 0 Å². The van der Waals surface area contributed by atoms with E-state index in [1.807, 2.05) is 18.9 Å². The Morgan fingerprint density at radius 3 is 2.19 bits per heavy atom. The van der Waals surface area contributed by atoms with E-state index in [2.05, 4.69) is 0 Å². The topological polar surface area (TPSA) is 83.7 Å². The van der Waals surface area contributed by atoms with Gasteiger partial charge in [0.05, 0.1) is 4.90 Å². The second-order valence-corrected chi connectivity index (χ2v) is 6.59. The lowest BCUT2D eigenvalue weighted by molar-refractivity contribution is -0.129. The molecule has 0 spiro atoms. The molecule has 1 aromatic carbocycles. The van der Waals surface area contributed by atoms with Gasteiger partial charge in [-0.25, -0.2) is 13.6 Å². The van der Waals surface area contributed by atoms with Crippen molar-refractivity contribution in [2.45, 2.75) is 24.7 Å². The highest BCUT2D eigenvalue weighted by Gasteiger charge is 2.10. The number of primary sulfonamides is 1. The van der Waals surface area contributed by atoms with Crippen molar-refractivity contribution in [2.24, 2.45) is 5.14 Å². The summed E-state index contributed by atoms with van der Waals surface area (Å²) in [6, 6.07) is 6.36. The minimum absolute atomic E-state index is 0.0925. The monoisotopic (exact) mass is 313 g/mol. The van der Waals surface area contributed by atoms with E-state index in [4.69, 9.17) is 5.14 Å². The molecule has 21 heavy (non-hydrogen) atoms. The molecular formula is C14H23N3O3S. The van der Waals surface area contributed by atoms with Crippen molar-refractivity contribution in [1.82, 2.24) is 4.90 Å². The van der Waals surface area contributed by atoms with Gasteiger partial charge in [0.15, 0.2) is 0 Å². The van der Waals surface area contributed by atoms with Crippen molar-refractivity contribution < 1.29 is 13.2 Å². The molecule has 0 fully saturated rings. The third kappa shape index (κ3) is 5.35. The molecule has 118 valence electrons. The quantitative estimate of drug-likeness (QED) is 0.815. The van der Waals surface area contributed by atoms with Crippen molar-refractivity contribution in [1.29, 1.82) is 0 Å². The Labute approximate surface area is 126 Å². The zero-order valence-corrected chi connectivity index (χ0v) is 13.6. The lowest BCUT2D eigenvalue weighted by Gasteiger charge is -2.24. The molecule has 0 aromatic heterocycles. The van der Waals surface area contributed by atoms with E-state index in [0.717, 1.165) is 12.1 Å². The summed E-state index contributed by atoms with van der Waals surface area (Å²) in [7, 11) is 0.0206. The predicted molar refractivity (Wildman–Crippen MR) is 83.6 cm³/mol. The second kappa shape index (κ2) is 7.42. The number of likely N-dealkylation sites (N-methyl/N-ethyl adjacent to an activating group) is 2. The van der Waals surface area contributed by atoms with Gasteiger partial charge in [-0.1, -0.05) is 6.92 Å². The van der Waals surface area contributed by atoms with Gasteiger partial charge in [0.25, 0.3) is 0 Å². The first-order valence-corrected chi connectivity index (χ1v) is 8.38. The number of sulfonamides is 1. The Kier molecular flexibility index (Phi) is 6.17. The number of anilines is 1. The summed E-state index contributed by atoms with van der Waals surface area (Å²) in [4.78, 5) is 15.4. The maximum atomic E-state index is 11.7. The fraction of sp³-hybridized carbons (Fsp3) is 0.500. The van der Waals surface area contributed by atoms with E-state index in [1.165, 1.54) is 12.1 Å². The molecule has 7 heteroatoms. The van der Waals surface area contributed by atoms with Crippen LogP contribution in [0.15, 0.2) is 29.2 Å². The van der Waals surface area contributed by atoms with Gasteiger partial charge in [0.2, 0.25) is 15.9 Å². The molecule has 1 aromatic rings. The van der Waals surface area contributed by atoms with Gasteiger partial charge < -0.3 is 9.80 Å². The average molecular weight is 313 g/mol. The highest BCUT2D eigenvalue weighted by Crippen LogP contribution is 2.15. The Morgan fingerprint density at radius 1 is 1.14 bits per heavy atom. The van der Waals surface area contributed by atoms with Gasteiger partial charge >= 0.3 is 0 Å². The molecule has 0 bridgehead atoms. The number of benzene rings is 1.